The van der Waals surface area contributed by atoms with Crippen molar-refractivity contribution in [1.82, 2.24) is 14.8 Å². The molecule has 1 N–H and O–H groups in total. The van der Waals surface area contributed by atoms with Crippen molar-refractivity contribution in [3.05, 3.63) is 64.4 Å². The van der Waals surface area contributed by atoms with Gasteiger partial charge in [-0.3, -0.25) is 14.6 Å². The average Bonchev–Trinajstić information content (AvgIpc) is 2.97. The zero-order valence-corrected chi connectivity index (χ0v) is 17.2. The van der Waals surface area contributed by atoms with Crippen LogP contribution in [0.4, 0.5) is 0 Å². The standard InChI is InChI=1S/C21H22ClN3O4/c1-24(2)10-11-25-18(13-6-8-23-9-7-13)17(20(27)21(25)28)19(26)15-12-14(22)4-5-16(15)29-3/h4-9,12,18,26H,10-11H2,1-3H3/t18-/m0/s1. The first kappa shape index (κ1) is 20.8. The van der Waals surface area contributed by atoms with Crippen molar-refractivity contribution in [2.24, 2.45) is 0 Å². The molecular formula is C21H22ClN3O4. The smallest absolute Gasteiger partial charge is 0.295 e. The molecule has 0 radical (unpaired) electrons. The Labute approximate surface area is 174 Å². The van der Waals surface area contributed by atoms with Crippen LogP contribution in [0.3, 0.4) is 0 Å². The fourth-order valence-electron chi connectivity index (χ4n) is 3.32. The number of Topliss-reactive ketones (excluding diaryl/α,β-unsaturated/α-hetero) is 1. The summed E-state index contributed by atoms with van der Waals surface area (Å²) >= 11 is 6.09. The molecular weight excluding hydrogens is 394 g/mol. The van der Waals surface area contributed by atoms with Gasteiger partial charge in [0, 0.05) is 30.5 Å². The first-order valence-electron chi connectivity index (χ1n) is 9.02. The molecule has 2 heterocycles. The summed E-state index contributed by atoms with van der Waals surface area (Å²) < 4.78 is 5.31. The summed E-state index contributed by atoms with van der Waals surface area (Å²) in [5.74, 6) is -1.38. The summed E-state index contributed by atoms with van der Waals surface area (Å²) in [7, 11) is 5.22. The Morgan fingerprint density at radius 3 is 2.55 bits per heavy atom. The third-order valence-corrected chi connectivity index (χ3v) is 5.00. The minimum Gasteiger partial charge on any atom is -0.507 e. The molecule has 1 aromatic carbocycles. The van der Waals surface area contributed by atoms with Gasteiger partial charge in [-0.2, -0.15) is 0 Å². The first-order valence-corrected chi connectivity index (χ1v) is 9.40. The SMILES string of the molecule is COc1ccc(Cl)cc1C(O)=C1C(=O)C(=O)N(CCN(C)C)[C@H]1c1ccncc1. The molecule has 0 bridgehead atoms. The number of pyridine rings is 1. The first-order chi connectivity index (χ1) is 13.8. The highest BCUT2D eigenvalue weighted by Gasteiger charge is 2.46. The van der Waals surface area contributed by atoms with Gasteiger partial charge in [0.25, 0.3) is 11.7 Å². The zero-order chi connectivity index (χ0) is 21.1. The second-order valence-electron chi connectivity index (χ2n) is 6.92. The maximum absolute atomic E-state index is 12.9. The Bertz CT molecular complexity index is 960. The highest BCUT2D eigenvalue weighted by molar-refractivity contribution is 6.46. The molecule has 1 fully saturated rings. The Hall–Kier alpha value is -2.90. The van der Waals surface area contributed by atoms with E-state index in [1.165, 1.54) is 18.1 Å². The van der Waals surface area contributed by atoms with Gasteiger partial charge >= 0.3 is 0 Å². The van der Waals surface area contributed by atoms with E-state index in [9.17, 15) is 14.7 Å². The molecule has 1 saturated heterocycles. The molecule has 1 aliphatic rings. The Morgan fingerprint density at radius 2 is 1.93 bits per heavy atom. The van der Waals surface area contributed by atoms with E-state index in [-0.39, 0.29) is 16.9 Å². The lowest BCUT2D eigenvalue weighted by molar-refractivity contribution is -0.140. The van der Waals surface area contributed by atoms with Crippen molar-refractivity contribution in [1.29, 1.82) is 0 Å². The summed E-state index contributed by atoms with van der Waals surface area (Å²) in [5.41, 5.74) is 0.936. The molecule has 1 amide bonds. The highest BCUT2D eigenvalue weighted by atomic mass is 35.5. The van der Waals surface area contributed by atoms with E-state index < -0.39 is 17.7 Å². The van der Waals surface area contributed by atoms with Crippen molar-refractivity contribution in [2.75, 3.05) is 34.3 Å². The fourth-order valence-corrected chi connectivity index (χ4v) is 3.49. The van der Waals surface area contributed by atoms with Crippen LogP contribution in [0, 0.1) is 0 Å². The van der Waals surface area contributed by atoms with Gasteiger partial charge in [-0.05, 0) is 50.0 Å². The van der Waals surface area contributed by atoms with Crippen LogP contribution in [0.1, 0.15) is 17.2 Å². The number of halogens is 1. The van der Waals surface area contributed by atoms with Crippen LogP contribution in [0.5, 0.6) is 5.75 Å². The molecule has 1 aromatic heterocycles. The normalized spacial score (nSPS) is 18.5. The van der Waals surface area contributed by atoms with E-state index in [1.807, 2.05) is 19.0 Å². The summed E-state index contributed by atoms with van der Waals surface area (Å²) in [4.78, 5) is 33.1. The summed E-state index contributed by atoms with van der Waals surface area (Å²) in [6.07, 6.45) is 3.17. The predicted molar refractivity (Wildman–Crippen MR) is 110 cm³/mol. The van der Waals surface area contributed by atoms with E-state index in [0.29, 0.717) is 29.4 Å². The van der Waals surface area contributed by atoms with Crippen LogP contribution in [-0.4, -0.2) is 65.9 Å². The van der Waals surface area contributed by atoms with E-state index in [2.05, 4.69) is 4.98 Å². The topological polar surface area (TPSA) is 83.0 Å². The van der Waals surface area contributed by atoms with Crippen LogP contribution in [0.2, 0.25) is 5.02 Å². The summed E-state index contributed by atoms with van der Waals surface area (Å²) in [6.45, 7) is 0.892. The number of carbonyl (C=O) groups excluding carboxylic acids is 2. The van der Waals surface area contributed by atoms with Gasteiger partial charge in [0.05, 0.1) is 24.3 Å². The van der Waals surface area contributed by atoms with Gasteiger partial charge < -0.3 is 19.6 Å². The number of hydrogen-bond donors (Lipinski definition) is 1. The largest absolute Gasteiger partial charge is 0.507 e. The summed E-state index contributed by atoms with van der Waals surface area (Å²) in [6, 6.07) is 7.44. The number of nitrogens with zero attached hydrogens (tertiary/aromatic N) is 3. The third kappa shape index (κ3) is 4.11. The van der Waals surface area contributed by atoms with E-state index in [4.69, 9.17) is 16.3 Å². The maximum Gasteiger partial charge on any atom is 0.295 e. The Morgan fingerprint density at radius 1 is 1.24 bits per heavy atom. The molecule has 7 nitrogen and oxygen atoms in total. The maximum atomic E-state index is 12.9. The molecule has 1 aliphatic heterocycles. The Kier molecular flexibility index (Phi) is 6.20. The number of rotatable bonds is 6. The number of benzene rings is 1. The van der Waals surface area contributed by atoms with Gasteiger partial charge in [-0.1, -0.05) is 11.6 Å². The lowest BCUT2D eigenvalue weighted by Crippen LogP contribution is -2.35. The van der Waals surface area contributed by atoms with Gasteiger partial charge in [0.1, 0.15) is 11.5 Å². The number of likely N-dealkylation sites (tertiary alicyclic amines) is 1. The van der Waals surface area contributed by atoms with Crippen molar-refractivity contribution in [3.63, 3.8) is 0 Å². The van der Waals surface area contributed by atoms with Gasteiger partial charge in [0.2, 0.25) is 0 Å². The number of amides is 1. The van der Waals surface area contributed by atoms with E-state index in [1.54, 1.807) is 36.7 Å². The number of methoxy groups -OCH3 is 1. The lowest BCUT2D eigenvalue weighted by atomic mass is 9.95. The van der Waals surface area contributed by atoms with Crippen molar-refractivity contribution in [2.45, 2.75) is 6.04 Å². The molecule has 0 unspecified atom stereocenters. The van der Waals surface area contributed by atoms with Crippen molar-refractivity contribution < 1.29 is 19.4 Å². The predicted octanol–water partition coefficient (Wildman–Crippen LogP) is 2.73. The van der Waals surface area contributed by atoms with Crippen LogP contribution in [-0.2, 0) is 9.59 Å². The van der Waals surface area contributed by atoms with Crippen molar-refractivity contribution in [3.8, 4) is 5.75 Å². The van der Waals surface area contributed by atoms with E-state index in [0.717, 1.165) is 0 Å². The fraction of sp³-hybridized carbons (Fsp3) is 0.286. The number of ether oxygens (including phenoxy) is 1. The van der Waals surface area contributed by atoms with Crippen LogP contribution in [0.15, 0.2) is 48.3 Å². The second-order valence-corrected chi connectivity index (χ2v) is 7.36. The highest BCUT2D eigenvalue weighted by Crippen LogP contribution is 2.41. The number of ketones is 1. The molecule has 2 aromatic rings. The number of hydrogen-bond acceptors (Lipinski definition) is 6. The number of carbonyl (C=O) groups is 2. The number of likely N-dealkylation sites (N-methyl/N-ethyl adjacent to an activating group) is 1. The third-order valence-electron chi connectivity index (χ3n) is 4.77. The average molecular weight is 416 g/mol. The minimum absolute atomic E-state index is 0.000484. The van der Waals surface area contributed by atoms with Crippen LogP contribution >= 0.6 is 11.6 Å². The molecule has 8 heteroatoms. The van der Waals surface area contributed by atoms with Crippen LogP contribution in [0.25, 0.3) is 5.76 Å². The van der Waals surface area contributed by atoms with Crippen molar-refractivity contribution >= 4 is 29.1 Å². The lowest BCUT2D eigenvalue weighted by Gasteiger charge is -2.26. The molecule has 0 spiro atoms. The van der Waals surface area contributed by atoms with Gasteiger partial charge in [-0.25, -0.2) is 0 Å². The minimum atomic E-state index is -0.745. The van der Waals surface area contributed by atoms with Crippen LogP contribution < -0.4 is 4.74 Å². The molecule has 152 valence electrons. The molecule has 3 rings (SSSR count). The van der Waals surface area contributed by atoms with E-state index >= 15 is 0 Å². The molecule has 29 heavy (non-hydrogen) atoms. The monoisotopic (exact) mass is 415 g/mol. The number of aliphatic hydroxyl groups is 1. The molecule has 1 atom stereocenters. The van der Waals surface area contributed by atoms with Gasteiger partial charge in [0.15, 0.2) is 0 Å². The zero-order valence-electron chi connectivity index (χ0n) is 16.4. The summed E-state index contributed by atoms with van der Waals surface area (Å²) in [5, 5.41) is 11.5. The Balaban J connectivity index is 2.19. The molecule has 0 saturated carbocycles. The number of aliphatic hydroxyl groups excluding tert-OH is 1. The number of aromatic nitrogens is 1. The second kappa shape index (κ2) is 8.63. The van der Waals surface area contributed by atoms with Gasteiger partial charge in [-0.15, -0.1) is 0 Å². The molecule has 0 aliphatic carbocycles. The quantitative estimate of drug-likeness (QED) is 0.443.